The molecule has 0 N–H and O–H groups in total. The monoisotopic (exact) mass is 626 g/mol. The number of pyridine rings is 1. The zero-order valence-electron chi connectivity index (χ0n) is 26.2. The van der Waals surface area contributed by atoms with E-state index in [2.05, 4.69) is 121 Å². The van der Waals surface area contributed by atoms with Gasteiger partial charge in [0.05, 0.1) is 11.2 Å². The van der Waals surface area contributed by atoms with Gasteiger partial charge in [-0.25, -0.2) is 19.9 Å². The summed E-state index contributed by atoms with van der Waals surface area (Å²) in [6.07, 6.45) is 0. The minimum atomic E-state index is 0.583. The fourth-order valence-electron chi connectivity index (χ4n) is 6.80. The van der Waals surface area contributed by atoms with Crippen molar-refractivity contribution >= 4 is 54.4 Å². The zero-order chi connectivity index (χ0) is 32.3. The number of para-hydroxylation sites is 2. The van der Waals surface area contributed by atoms with Gasteiger partial charge >= 0.3 is 0 Å². The van der Waals surface area contributed by atoms with E-state index < -0.39 is 0 Å². The Hall–Kier alpha value is -6.72. The van der Waals surface area contributed by atoms with Crippen molar-refractivity contribution in [3.05, 3.63) is 158 Å². The van der Waals surface area contributed by atoms with E-state index in [0.29, 0.717) is 17.5 Å². The van der Waals surface area contributed by atoms with E-state index in [4.69, 9.17) is 24.4 Å². The highest BCUT2D eigenvalue weighted by Crippen LogP contribution is 2.35. The molecule has 5 nitrogen and oxygen atoms in total. The molecule has 0 bridgehead atoms. The Kier molecular flexibility index (Phi) is 6.11. The predicted molar refractivity (Wildman–Crippen MR) is 199 cm³/mol. The number of hydrogen-bond acceptors (Lipinski definition) is 5. The summed E-state index contributed by atoms with van der Waals surface area (Å²) < 4.78 is 6.26. The third-order valence-corrected chi connectivity index (χ3v) is 9.30. The van der Waals surface area contributed by atoms with Gasteiger partial charge in [-0.2, -0.15) is 0 Å². The minimum Gasteiger partial charge on any atom is -0.456 e. The van der Waals surface area contributed by atoms with E-state index >= 15 is 0 Å². The van der Waals surface area contributed by atoms with Crippen LogP contribution in [0.3, 0.4) is 0 Å². The van der Waals surface area contributed by atoms with Gasteiger partial charge in [-0.15, -0.1) is 0 Å². The number of fused-ring (bicyclic) bond motifs is 6. The van der Waals surface area contributed by atoms with Crippen LogP contribution in [0.4, 0.5) is 0 Å². The Labute approximate surface area is 281 Å². The summed E-state index contributed by atoms with van der Waals surface area (Å²) in [5.41, 5.74) is 7.29. The van der Waals surface area contributed by atoms with E-state index in [9.17, 15) is 0 Å². The molecule has 0 saturated heterocycles. The summed E-state index contributed by atoms with van der Waals surface area (Å²) in [6.45, 7) is 0. The third kappa shape index (κ3) is 4.71. The number of furan rings is 1. The maximum Gasteiger partial charge on any atom is 0.164 e. The number of rotatable bonds is 4. The molecule has 0 aliphatic heterocycles. The number of nitrogens with zero attached hydrogens (tertiary/aromatic N) is 4. The van der Waals surface area contributed by atoms with Gasteiger partial charge in [0.25, 0.3) is 0 Å². The highest BCUT2D eigenvalue weighted by Gasteiger charge is 2.17. The summed E-state index contributed by atoms with van der Waals surface area (Å²) in [6, 6.07) is 54.1. The van der Waals surface area contributed by atoms with E-state index in [0.717, 1.165) is 76.9 Å². The van der Waals surface area contributed by atoms with Crippen molar-refractivity contribution in [2.24, 2.45) is 0 Å². The smallest absolute Gasteiger partial charge is 0.164 e. The normalized spacial score (nSPS) is 11.7. The molecule has 0 radical (unpaired) electrons. The van der Waals surface area contributed by atoms with Crippen LogP contribution in [-0.2, 0) is 0 Å². The molecule has 0 saturated carbocycles. The van der Waals surface area contributed by atoms with Gasteiger partial charge in [-0.05, 0) is 64.0 Å². The second kappa shape index (κ2) is 10.9. The van der Waals surface area contributed by atoms with Gasteiger partial charge in [0.1, 0.15) is 11.2 Å². The first-order valence-electron chi connectivity index (χ1n) is 16.3. The minimum absolute atomic E-state index is 0.583. The summed E-state index contributed by atoms with van der Waals surface area (Å²) in [5, 5.41) is 7.71. The fraction of sp³-hybridized carbons (Fsp3) is 0. The summed E-state index contributed by atoms with van der Waals surface area (Å²) in [4.78, 5) is 20.3. The van der Waals surface area contributed by atoms with E-state index in [-0.39, 0.29) is 0 Å². The second-order valence-corrected chi connectivity index (χ2v) is 12.3. The Morgan fingerprint density at radius 1 is 0.347 bits per heavy atom. The maximum atomic E-state index is 6.26. The van der Waals surface area contributed by atoms with Crippen molar-refractivity contribution < 1.29 is 4.42 Å². The van der Waals surface area contributed by atoms with Gasteiger partial charge in [-0.1, -0.05) is 115 Å². The molecule has 5 heteroatoms. The molecule has 7 aromatic carbocycles. The summed E-state index contributed by atoms with van der Waals surface area (Å²) >= 11 is 0. The zero-order valence-corrected chi connectivity index (χ0v) is 26.2. The van der Waals surface area contributed by atoms with Crippen LogP contribution >= 0.6 is 0 Å². The van der Waals surface area contributed by atoms with Crippen molar-refractivity contribution in [1.82, 2.24) is 19.9 Å². The molecule has 0 aliphatic rings. The van der Waals surface area contributed by atoms with Crippen LogP contribution in [0.2, 0.25) is 0 Å². The van der Waals surface area contributed by atoms with Crippen molar-refractivity contribution in [1.29, 1.82) is 0 Å². The Morgan fingerprint density at radius 2 is 1.00 bits per heavy atom. The van der Waals surface area contributed by atoms with Crippen molar-refractivity contribution in [2.45, 2.75) is 0 Å². The third-order valence-electron chi connectivity index (χ3n) is 9.30. The van der Waals surface area contributed by atoms with Gasteiger partial charge in [-0.3, -0.25) is 0 Å². The molecule has 3 heterocycles. The van der Waals surface area contributed by atoms with E-state index in [1.807, 2.05) is 36.4 Å². The van der Waals surface area contributed by atoms with Gasteiger partial charge in [0.2, 0.25) is 0 Å². The molecule has 0 amide bonds. The highest BCUT2D eigenvalue weighted by molar-refractivity contribution is 6.06. The molecule has 49 heavy (non-hydrogen) atoms. The van der Waals surface area contributed by atoms with Gasteiger partial charge in [0, 0.05) is 38.4 Å². The Balaban J connectivity index is 1.18. The Morgan fingerprint density at radius 3 is 1.92 bits per heavy atom. The molecule has 228 valence electrons. The average molecular weight is 627 g/mol. The fourth-order valence-corrected chi connectivity index (χ4v) is 6.80. The lowest BCUT2D eigenvalue weighted by Gasteiger charge is -2.12. The van der Waals surface area contributed by atoms with Crippen LogP contribution in [0.5, 0.6) is 0 Å². The van der Waals surface area contributed by atoms with E-state index in [1.165, 1.54) is 5.39 Å². The van der Waals surface area contributed by atoms with Gasteiger partial charge < -0.3 is 4.42 Å². The highest BCUT2D eigenvalue weighted by atomic mass is 16.3. The van der Waals surface area contributed by atoms with Crippen LogP contribution in [0.1, 0.15) is 0 Å². The quantitative estimate of drug-likeness (QED) is 0.194. The van der Waals surface area contributed by atoms with Gasteiger partial charge in [0.15, 0.2) is 17.5 Å². The van der Waals surface area contributed by atoms with Crippen LogP contribution in [0.25, 0.3) is 99.8 Å². The number of hydrogen-bond donors (Lipinski definition) is 0. The molecule has 0 atom stereocenters. The molecule has 10 rings (SSSR count). The Bertz CT molecular complexity index is 2910. The molecular weight excluding hydrogens is 601 g/mol. The lowest BCUT2D eigenvalue weighted by Crippen LogP contribution is -2.00. The standard InChI is InChI=1S/C44H26N4O/c1-2-10-30-24-32(19-16-27(30)8-1)42-46-43(33-20-22-35-34-12-4-6-15-40(34)49-41(35)26-33)48-44(47-42)36-13-7-11-28-17-18-31(25-37(28)36)39-23-21-29-9-3-5-14-38(29)45-39/h1-26H. The topological polar surface area (TPSA) is 64.7 Å². The first-order valence-corrected chi connectivity index (χ1v) is 16.3. The first kappa shape index (κ1) is 27.4. The predicted octanol–water partition coefficient (Wildman–Crippen LogP) is 11.3. The van der Waals surface area contributed by atoms with Crippen LogP contribution in [0, 0.1) is 0 Å². The first-order chi connectivity index (χ1) is 24.2. The summed E-state index contributed by atoms with van der Waals surface area (Å²) in [7, 11) is 0. The van der Waals surface area contributed by atoms with Crippen molar-refractivity contribution in [2.75, 3.05) is 0 Å². The lowest BCUT2D eigenvalue weighted by atomic mass is 9.99. The lowest BCUT2D eigenvalue weighted by molar-refractivity contribution is 0.669. The van der Waals surface area contributed by atoms with Crippen molar-refractivity contribution in [3.8, 4) is 45.4 Å². The average Bonchev–Trinajstić information content (AvgIpc) is 3.55. The molecule has 10 aromatic rings. The summed E-state index contributed by atoms with van der Waals surface area (Å²) in [5.74, 6) is 1.80. The number of benzene rings is 7. The largest absolute Gasteiger partial charge is 0.456 e. The van der Waals surface area contributed by atoms with Crippen LogP contribution < -0.4 is 0 Å². The SMILES string of the molecule is c1ccc2cc(-c3nc(-c4ccc5c(c4)oc4ccccc45)nc(-c4cccc5ccc(-c6ccc7ccccc7n6)cc45)n3)ccc2c1. The molecular formula is C44H26N4O. The van der Waals surface area contributed by atoms with E-state index in [1.54, 1.807) is 0 Å². The molecule has 0 unspecified atom stereocenters. The number of aromatic nitrogens is 4. The molecule has 0 aliphatic carbocycles. The van der Waals surface area contributed by atoms with Crippen molar-refractivity contribution in [3.63, 3.8) is 0 Å². The second-order valence-electron chi connectivity index (χ2n) is 12.3. The molecule has 0 spiro atoms. The molecule has 0 fully saturated rings. The van der Waals surface area contributed by atoms with Crippen LogP contribution in [0.15, 0.2) is 162 Å². The van der Waals surface area contributed by atoms with Crippen LogP contribution in [-0.4, -0.2) is 19.9 Å². The molecule has 3 aromatic heterocycles. The maximum absolute atomic E-state index is 6.26.